The van der Waals surface area contributed by atoms with E-state index in [2.05, 4.69) is 19.2 Å². The average Bonchev–Trinajstić information content (AvgIpc) is 2.46. The summed E-state index contributed by atoms with van der Waals surface area (Å²) in [6.07, 6.45) is 1.02. The number of para-hydroxylation sites is 1. The molecule has 0 aliphatic heterocycles. The van der Waals surface area contributed by atoms with Crippen LogP contribution in [0.15, 0.2) is 24.3 Å². The number of likely N-dealkylation sites (N-methyl/N-ethyl adjacent to an activating group) is 1. The molecule has 0 fully saturated rings. The van der Waals surface area contributed by atoms with Crippen LogP contribution in [0.25, 0.3) is 0 Å². The molecule has 0 heterocycles. The number of ether oxygens (including phenoxy) is 1. The zero-order valence-corrected chi connectivity index (χ0v) is 13.0. The van der Waals surface area contributed by atoms with Gasteiger partial charge in [-0.15, -0.1) is 0 Å². The smallest absolute Gasteiger partial charge is 0.236 e. The van der Waals surface area contributed by atoms with Gasteiger partial charge >= 0.3 is 0 Å². The summed E-state index contributed by atoms with van der Waals surface area (Å²) in [4.78, 5) is 13.6. The van der Waals surface area contributed by atoms with Gasteiger partial charge in [-0.25, -0.2) is 0 Å². The summed E-state index contributed by atoms with van der Waals surface area (Å²) in [5.74, 6) is 0.977. The zero-order chi connectivity index (χ0) is 15.0. The first kappa shape index (κ1) is 16.5. The molecule has 112 valence electrons. The molecule has 1 aromatic carbocycles. The molecule has 20 heavy (non-hydrogen) atoms. The van der Waals surface area contributed by atoms with Crippen LogP contribution in [0.1, 0.15) is 25.8 Å². The van der Waals surface area contributed by atoms with E-state index in [1.807, 2.05) is 38.2 Å². The molecule has 0 aliphatic rings. The molecule has 0 aromatic heterocycles. The number of carbonyl (C=O) groups is 1. The Bertz CT molecular complexity index is 421. The third-order valence-electron chi connectivity index (χ3n) is 3.42. The van der Waals surface area contributed by atoms with Crippen LogP contribution in [0.4, 0.5) is 0 Å². The molecule has 1 N–H and O–H groups in total. The fraction of sp³-hybridized carbons (Fsp3) is 0.562. The lowest BCUT2D eigenvalue weighted by Crippen LogP contribution is -2.40. The summed E-state index contributed by atoms with van der Waals surface area (Å²) in [7, 11) is 1.81. The molecular formula is C16H26N2O2. The fourth-order valence-corrected chi connectivity index (χ4v) is 1.68. The summed E-state index contributed by atoms with van der Waals surface area (Å²) in [6.45, 7) is 7.68. The van der Waals surface area contributed by atoms with Gasteiger partial charge in [0.05, 0.1) is 13.1 Å². The lowest BCUT2D eigenvalue weighted by atomic mass is 10.2. The first-order valence-electron chi connectivity index (χ1n) is 7.20. The lowest BCUT2D eigenvalue weighted by molar-refractivity contribution is -0.129. The van der Waals surface area contributed by atoms with Gasteiger partial charge < -0.3 is 15.0 Å². The minimum atomic E-state index is 0.0960. The van der Waals surface area contributed by atoms with Crippen molar-refractivity contribution in [1.29, 1.82) is 0 Å². The molecule has 4 nitrogen and oxygen atoms in total. The normalized spacial score (nSPS) is 12.0. The largest absolute Gasteiger partial charge is 0.491 e. The minimum Gasteiger partial charge on any atom is -0.491 e. The summed E-state index contributed by atoms with van der Waals surface area (Å²) < 4.78 is 5.69. The van der Waals surface area contributed by atoms with E-state index in [-0.39, 0.29) is 5.91 Å². The highest BCUT2D eigenvalue weighted by Gasteiger charge is 2.09. The minimum absolute atomic E-state index is 0.0960. The van der Waals surface area contributed by atoms with Crippen molar-refractivity contribution in [2.75, 3.05) is 26.7 Å². The Kier molecular flexibility index (Phi) is 7.09. The van der Waals surface area contributed by atoms with E-state index >= 15 is 0 Å². The molecule has 0 spiro atoms. The van der Waals surface area contributed by atoms with Crippen molar-refractivity contribution >= 4 is 5.91 Å². The van der Waals surface area contributed by atoms with Crippen molar-refractivity contribution in [1.82, 2.24) is 10.2 Å². The standard InChI is InChI=1S/C16H26N2O2/c1-5-14(3)17-12-16(19)18(4)10-11-20-15-9-7-6-8-13(15)2/h6-9,14,17H,5,10-12H2,1-4H3. The van der Waals surface area contributed by atoms with Gasteiger partial charge in [0, 0.05) is 13.1 Å². The van der Waals surface area contributed by atoms with Crippen molar-refractivity contribution in [2.24, 2.45) is 0 Å². The molecule has 4 heteroatoms. The summed E-state index contributed by atoms with van der Waals surface area (Å²) in [6, 6.07) is 8.27. The number of nitrogens with zero attached hydrogens (tertiary/aromatic N) is 1. The Morgan fingerprint density at radius 3 is 2.75 bits per heavy atom. The lowest BCUT2D eigenvalue weighted by Gasteiger charge is -2.19. The molecule has 0 radical (unpaired) electrons. The van der Waals surface area contributed by atoms with Crippen LogP contribution in [-0.4, -0.2) is 43.6 Å². The first-order chi connectivity index (χ1) is 9.54. The second-order valence-corrected chi connectivity index (χ2v) is 5.12. The molecule has 0 aliphatic carbocycles. The van der Waals surface area contributed by atoms with E-state index in [9.17, 15) is 4.79 Å². The third kappa shape index (κ3) is 5.61. The Balaban J connectivity index is 2.27. The van der Waals surface area contributed by atoms with Gasteiger partial charge in [0.1, 0.15) is 12.4 Å². The maximum absolute atomic E-state index is 11.9. The highest BCUT2D eigenvalue weighted by atomic mass is 16.5. The molecule has 0 saturated carbocycles. The third-order valence-corrected chi connectivity index (χ3v) is 3.42. The predicted molar refractivity (Wildman–Crippen MR) is 82.1 cm³/mol. The predicted octanol–water partition coefficient (Wildman–Crippen LogP) is 2.22. The zero-order valence-electron chi connectivity index (χ0n) is 13.0. The monoisotopic (exact) mass is 278 g/mol. The van der Waals surface area contributed by atoms with Gasteiger partial charge in [-0.1, -0.05) is 25.1 Å². The van der Waals surface area contributed by atoms with E-state index in [0.717, 1.165) is 17.7 Å². The number of aryl methyl sites for hydroxylation is 1. The fourth-order valence-electron chi connectivity index (χ4n) is 1.68. The van der Waals surface area contributed by atoms with E-state index in [0.29, 0.717) is 25.7 Å². The van der Waals surface area contributed by atoms with Crippen molar-refractivity contribution in [2.45, 2.75) is 33.2 Å². The van der Waals surface area contributed by atoms with E-state index in [1.54, 1.807) is 4.90 Å². The van der Waals surface area contributed by atoms with Gasteiger partial charge in [-0.3, -0.25) is 4.79 Å². The maximum Gasteiger partial charge on any atom is 0.236 e. The van der Waals surface area contributed by atoms with Crippen LogP contribution in [0.2, 0.25) is 0 Å². The van der Waals surface area contributed by atoms with Crippen LogP contribution >= 0.6 is 0 Å². The number of rotatable bonds is 8. The molecular weight excluding hydrogens is 252 g/mol. The van der Waals surface area contributed by atoms with Crippen LogP contribution in [0, 0.1) is 6.92 Å². The maximum atomic E-state index is 11.9. The van der Waals surface area contributed by atoms with Gasteiger partial charge in [0.15, 0.2) is 0 Å². The molecule has 1 unspecified atom stereocenters. The summed E-state index contributed by atoms with van der Waals surface area (Å²) in [5.41, 5.74) is 1.11. The number of amides is 1. The number of benzene rings is 1. The van der Waals surface area contributed by atoms with Gasteiger partial charge in [-0.05, 0) is 31.9 Å². The van der Waals surface area contributed by atoms with Crippen LogP contribution in [0.5, 0.6) is 5.75 Å². The van der Waals surface area contributed by atoms with Gasteiger partial charge in [0.2, 0.25) is 5.91 Å². The second kappa shape index (κ2) is 8.59. The van der Waals surface area contributed by atoms with Crippen LogP contribution in [0.3, 0.4) is 0 Å². The summed E-state index contributed by atoms with van der Waals surface area (Å²) in [5, 5.41) is 3.20. The van der Waals surface area contributed by atoms with Crippen LogP contribution < -0.4 is 10.1 Å². The number of nitrogens with one attached hydrogen (secondary N) is 1. The second-order valence-electron chi connectivity index (χ2n) is 5.12. The van der Waals surface area contributed by atoms with Crippen molar-refractivity contribution < 1.29 is 9.53 Å². The van der Waals surface area contributed by atoms with E-state index < -0.39 is 0 Å². The van der Waals surface area contributed by atoms with Gasteiger partial charge in [0.25, 0.3) is 0 Å². The Morgan fingerprint density at radius 2 is 2.10 bits per heavy atom. The Morgan fingerprint density at radius 1 is 1.40 bits per heavy atom. The molecule has 0 bridgehead atoms. The number of carbonyl (C=O) groups excluding carboxylic acids is 1. The average molecular weight is 278 g/mol. The van der Waals surface area contributed by atoms with Crippen molar-refractivity contribution in [3.63, 3.8) is 0 Å². The molecule has 0 saturated heterocycles. The molecule has 1 aromatic rings. The highest BCUT2D eigenvalue weighted by Crippen LogP contribution is 2.15. The highest BCUT2D eigenvalue weighted by molar-refractivity contribution is 5.77. The summed E-state index contributed by atoms with van der Waals surface area (Å²) >= 11 is 0. The van der Waals surface area contributed by atoms with Crippen molar-refractivity contribution in [3.8, 4) is 5.75 Å². The van der Waals surface area contributed by atoms with Gasteiger partial charge in [-0.2, -0.15) is 0 Å². The SMILES string of the molecule is CCC(C)NCC(=O)N(C)CCOc1ccccc1C. The Hall–Kier alpha value is -1.55. The molecule has 1 rings (SSSR count). The first-order valence-corrected chi connectivity index (χ1v) is 7.20. The van der Waals surface area contributed by atoms with Crippen LogP contribution in [-0.2, 0) is 4.79 Å². The van der Waals surface area contributed by atoms with E-state index in [4.69, 9.17) is 4.74 Å². The quantitative estimate of drug-likeness (QED) is 0.793. The Labute approximate surface area is 122 Å². The number of hydrogen-bond acceptors (Lipinski definition) is 3. The topological polar surface area (TPSA) is 41.6 Å². The van der Waals surface area contributed by atoms with E-state index in [1.165, 1.54) is 0 Å². The number of hydrogen-bond donors (Lipinski definition) is 1. The van der Waals surface area contributed by atoms with Crippen molar-refractivity contribution in [3.05, 3.63) is 29.8 Å². The molecule has 1 atom stereocenters. The molecule has 1 amide bonds.